The summed E-state index contributed by atoms with van der Waals surface area (Å²) in [5, 5.41) is 13.7. The van der Waals surface area contributed by atoms with Gasteiger partial charge in [0, 0.05) is 4.88 Å². The smallest absolute Gasteiger partial charge is 0.214 e. The molecular formula is C17H17N7S2. The molecule has 3 heterocycles. The maximum atomic E-state index is 6.16. The molecule has 0 aliphatic carbocycles. The number of thioether (sulfide) groups is 1. The highest BCUT2D eigenvalue weighted by Gasteiger charge is 2.15. The predicted octanol–water partition coefficient (Wildman–Crippen LogP) is 3.47. The van der Waals surface area contributed by atoms with Gasteiger partial charge >= 0.3 is 0 Å². The van der Waals surface area contributed by atoms with E-state index in [2.05, 4.69) is 39.3 Å². The summed E-state index contributed by atoms with van der Waals surface area (Å²) < 4.78 is 1.74. The van der Waals surface area contributed by atoms with Crippen molar-refractivity contribution in [3.05, 3.63) is 46.1 Å². The van der Waals surface area contributed by atoms with E-state index in [0.717, 1.165) is 27.0 Å². The van der Waals surface area contributed by atoms with Gasteiger partial charge < -0.3 is 5.73 Å². The topological polar surface area (TPSA) is 95.4 Å². The van der Waals surface area contributed by atoms with Gasteiger partial charge in [0.15, 0.2) is 0 Å². The maximum Gasteiger partial charge on any atom is 0.214 e. The molecule has 0 bridgehead atoms. The Morgan fingerprint density at radius 1 is 1.15 bits per heavy atom. The van der Waals surface area contributed by atoms with Gasteiger partial charge in [-0.3, -0.25) is 0 Å². The van der Waals surface area contributed by atoms with Crippen molar-refractivity contribution < 1.29 is 0 Å². The third kappa shape index (κ3) is 2.93. The molecule has 0 saturated carbocycles. The van der Waals surface area contributed by atoms with E-state index in [1.54, 1.807) is 16.0 Å². The van der Waals surface area contributed by atoms with Crippen molar-refractivity contribution in [3.63, 3.8) is 0 Å². The lowest BCUT2D eigenvalue weighted by molar-refractivity contribution is 0.751. The predicted molar refractivity (Wildman–Crippen MR) is 105 cm³/mol. The van der Waals surface area contributed by atoms with Crippen LogP contribution in [0.15, 0.2) is 29.4 Å². The van der Waals surface area contributed by atoms with Crippen molar-refractivity contribution in [2.45, 2.75) is 31.7 Å². The first-order valence-electron chi connectivity index (χ1n) is 8.04. The molecule has 9 heteroatoms. The number of aryl methyl sites for hydroxylation is 3. The Morgan fingerprint density at radius 2 is 1.96 bits per heavy atom. The molecule has 0 radical (unpaired) electrons. The summed E-state index contributed by atoms with van der Waals surface area (Å²) in [6.45, 7) is 6.16. The van der Waals surface area contributed by atoms with E-state index in [0.29, 0.717) is 22.6 Å². The number of thiophene rings is 1. The second kappa shape index (κ2) is 6.65. The van der Waals surface area contributed by atoms with Crippen LogP contribution in [0.1, 0.15) is 21.8 Å². The van der Waals surface area contributed by atoms with Crippen LogP contribution in [0.4, 0.5) is 5.82 Å². The highest BCUT2D eigenvalue weighted by Crippen LogP contribution is 2.32. The number of tetrazole rings is 1. The molecule has 0 saturated heterocycles. The minimum atomic E-state index is 0.533. The lowest BCUT2D eigenvalue weighted by Gasteiger charge is -2.07. The van der Waals surface area contributed by atoms with Gasteiger partial charge in [-0.2, -0.15) is 4.68 Å². The zero-order valence-electron chi connectivity index (χ0n) is 14.6. The number of benzene rings is 1. The molecule has 0 amide bonds. The molecule has 0 spiro atoms. The van der Waals surface area contributed by atoms with Gasteiger partial charge in [0.1, 0.15) is 16.5 Å². The Morgan fingerprint density at radius 3 is 2.77 bits per heavy atom. The number of nitrogen functional groups attached to an aromatic ring is 1. The molecule has 26 heavy (non-hydrogen) atoms. The summed E-state index contributed by atoms with van der Waals surface area (Å²) in [6, 6.07) is 7.99. The lowest BCUT2D eigenvalue weighted by atomic mass is 10.2. The van der Waals surface area contributed by atoms with E-state index in [1.807, 2.05) is 31.2 Å². The Kier molecular flexibility index (Phi) is 4.33. The summed E-state index contributed by atoms with van der Waals surface area (Å²) in [5.41, 5.74) is 9.38. The van der Waals surface area contributed by atoms with Crippen molar-refractivity contribution in [3.8, 4) is 5.69 Å². The molecule has 4 aromatic rings. The van der Waals surface area contributed by atoms with Crippen LogP contribution in [0.2, 0.25) is 0 Å². The van der Waals surface area contributed by atoms with Gasteiger partial charge in [-0.25, -0.2) is 9.97 Å². The molecule has 0 aliphatic rings. The number of hydrogen-bond acceptors (Lipinski definition) is 8. The molecule has 0 atom stereocenters. The van der Waals surface area contributed by atoms with E-state index in [1.165, 1.54) is 16.6 Å². The first-order chi connectivity index (χ1) is 12.5. The number of rotatable bonds is 4. The minimum Gasteiger partial charge on any atom is -0.383 e. The van der Waals surface area contributed by atoms with Crippen LogP contribution in [0.3, 0.4) is 0 Å². The fourth-order valence-corrected chi connectivity index (χ4v) is 4.54. The molecule has 2 N–H and O–H groups in total. The second-order valence-corrected chi connectivity index (χ2v) is 8.08. The van der Waals surface area contributed by atoms with Crippen LogP contribution < -0.4 is 5.73 Å². The van der Waals surface area contributed by atoms with Gasteiger partial charge in [0.2, 0.25) is 5.16 Å². The maximum absolute atomic E-state index is 6.16. The lowest BCUT2D eigenvalue weighted by Crippen LogP contribution is -2.03. The van der Waals surface area contributed by atoms with Gasteiger partial charge in [-0.05, 0) is 48.4 Å². The zero-order valence-corrected chi connectivity index (χ0v) is 16.2. The standard InChI is InChI=1S/C17H17N7S2/c1-9-6-4-5-7-12(9)24-17(21-22-23-24)25-8-13-19-15(18)14-10(2)11(3)26-16(14)20-13/h4-7H,8H2,1-3H3,(H2,18,19,20). The third-order valence-electron chi connectivity index (χ3n) is 4.22. The first kappa shape index (κ1) is 16.9. The van der Waals surface area contributed by atoms with Gasteiger partial charge in [-0.1, -0.05) is 30.0 Å². The summed E-state index contributed by atoms with van der Waals surface area (Å²) in [5.74, 6) is 1.76. The highest BCUT2D eigenvalue weighted by atomic mass is 32.2. The third-order valence-corrected chi connectivity index (χ3v) is 6.23. The average molecular weight is 384 g/mol. The van der Waals surface area contributed by atoms with E-state index >= 15 is 0 Å². The van der Waals surface area contributed by atoms with Crippen molar-refractivity contribution >= 4 is 39.1 Å². The fourth-order valence-electron chi connectivity index (χ4n) is 2.74. The largest absolute Gasteiger partial charge is 0.383 e. The fraction of sp³-hybridized carbons (Fsp3) is 0.235. The minimum absolute atomic E-state index is 0.533. The number of nitrogens with two attached hydrogens (primary N) is 1. The second-order valence-electron chi connectivity index (χ2n) is 5.94. The van der Waals surface area contributed by atoms with E-state index in [4.69, 9.17) is 5.73 Å². The van der Waals surface area contributed by atoms with Crippen molar-refractivity contribution in [2.24, 2.45) is 0 Å². The summed E-state index contributed by atoms with van der Waals surface area (Å²) in [4.78, 5) is 11.3. The van der Waals surface area contributed by atoms with Gasteiger partial charge in [-0.15, -0.1) is 16.4 Å². The van der Waals surface area contributed by atoms with Crippen LogP contribution >= 0.6 is 23.1 Å². The summed E-state index contributed by atoms with van der Waals surface area (Å²) in [7, 11) is 0. The molecule has 7 nitrogen and oxygen atoms in total. The Balaban J connectivity index is 1.62. The number of para-hydroxylation sites is 1. The van der Waals surface area contributed by atoms with Crippen LogP contribution in [0, 0.1) is 20.8 Å². The Bertz CT molecular complexity index is 1100. The molecule has 1 aromatic carbocycles. The molecule has 0 unspecified atom stereocenters. The van der Waals surface area contributed by atoms with Crippen LogP contribution in [-0.2, 0) is 5.75 Å². The molecule has 0 aliphatic heterocycles. The van der Waals surface area contributed by atoms with E-state index in [9.17, 15) is 0 Å². The van der Waals surface area contributed by atoms with E-state index in [-0.39, 0.29) is 0 Å². The quantitative estimate of drug-likeness (QED) is 0.539. The molecule has 0 fully saturated rings. The molecule has 3 aromatic heterocycles. The van der Waals surface area contributed by atoms with Crippen molar-refractivity contribution in [1.29, 1.82) is 0 Å². The SMILES string of the molecule is Cc1ccccc1-n1nnnc1SCc1nc(N)c2c(C)c(C)sc2n1. The van der Waals surface area contributed by atoms with Crippen molar-refractivity contribution in [2.75, 3.05) is 5.73 Å². The van der Waals surface area contributed by atoms with Crippen LogP contribution in [-0.4, -0.2) is 30.2 Å². The number of aromatic nitrogens is 6. The first-order valence-corrected chi connectivity index (χ1v) is 9.84. The van der Waals surface area contributed by atoms with Crippen molar-refractivity contribution in [1.82, 2.24) is 30.2 Å². The molecule has 132 valence electrons. The average Bonchev–Trinajstić information content (AvgIpc) is 3.18. The number of fused-ring (bicyclic) bond motifs is 1. The summed E-state index contributed by atoms with van der Waals surface area (Å²) >= 11 is 3.14. The van der Waals surface area contributed by atoms with E-state index < -0.39 is 0 Å². The van der Waals surface area contributed by atoms with Crippen LogP contribution in [0.5, 0.6) is 0 Å². The number of hydrogen-bond donors (Lipinski definition) is 1. The Hall–Kier alpha value is -2.52. The number of nitrogens with zero attached hydrogens (tertiary/aromatic N) is 6. The Labute approximate surface area is 158 Å². The molecule has 4 rings (SSSR count). The monoisotopic (exact) mass is 383 g/mol. The molecular weight excluding hydrogens is 366 g/mol. The van der Waals surface area contributed by atoms with Gasteiger partial charge in [0.25, 0.3) is 0 Å². The highest BCUT2D eigenvalue weighted by molar-refractivity contribution is 7.98. The summed E-state index contributed by atoms with van der Waals surface area (Å²) in [6.07, 6.45) is 0. The van der Waals surface area contributed by atoms with Gasteiger partial charge in [0.05, 0.1) is 16.8 Å². The normalized spacial score (nSPS) is 11.3. The zero-order chi connectivity index (χ0) is 18.3. The number of anilines is 1. The van der Waals surface area contributed by atoms with Crippen LogP contribution in [0.25, 0.3) is 15.9 Å².